The maximum Gasteiger partial charge on any atom is 0.416 e. The van der Waals surface area contributed by atoms with Crippen molar-refractivity contribution in [2.24, 2.45) is 0 Å². The van der Waals surface area contributed by atoms with Gasteiger partial charge >= 0.3 is 18.4 Å². The van der Waals surface area contributed by atoms with E-state index in [9.17, 15) is 31.1 Å². The summed E-state index contributed by atoms with van der Waals surface area (Å²) in [6.45, 7) is 2.13. The van der Waals surface area contributed by atoms with E-state index in [1.54, 1.807) is 18.2 Å². The standard InChI is InChI=1S/C30H27ClF6N4O/c31-26-16-21(9-12-38-26)18-39-27(42)41-19-28(24-17-23(30(35,36)37)7-8-25(24)41)10-14-40(15-11-28)13-1-2-20-3-5-22(6-4-20)29(32,33)34/h1-9,12,16-17H,10-11,13-15,18-19H2,(H,39,42). The summed E-state index contributed by atoms with van der Waals surface area (Å²) in [6.07, 6.45) is -2.71. The molecule has 2 amide bonds. The minimum atomic E-state index is -4.52. The van der Waals surface area contributed by atoms with Gasteiger partial charge in [-0.1, -0.05) is 35.9 Å². The van der Waals surface area contributed by atoms with Gasteiger partial charge in [0.2, 0.25) is 0 Å². The summed E-state index contributed by atoms with van der Waals surface area (Å²) in [5.74, 6) is 0. The average molecular weight is 609 g/mol. The fraction of sp³-hybridized carbons (Fsp3) is 0.333. The predicted molar refractivity (Wildman–Crippen MR) is 148 cm³/mol. The zero-order chi connectivity index (χ0) is 30.1. The van der Waals surface area contributed by atoms with Crippen LogP contribution in [0.25, 0.3) is 6.08 Å². The number of benzene rings is 2. The highest BCUT2D eigenvalue weighted by molar-refractivity contribution is 6.29. The smallest absolute Gasteiger partial charge is 0.334 e. The third kappa shape index (κ3) is 6.57. The van der Waals surface area contributed by atoms with E-state index >= 15 is 0 Å². The van der Waals surface area contributed by atoms with Crippen LogP contribution in [-0.4, -0.2) is 42.1 Å². The van der Waals surface area contributed by atoms with Crippen molar-refractivity contribution >= 4 is 29.4 Å². The highest BCUT2D eigenvalue weighted by Gasteiger charge is 2.47. The monoisotopic (exact) mass is 608 g/mol. The highest BCUT2D eigenvalue weighted by atomic mass is 35.5. The van der Waals surface area contributed by atoms with Crippen LogP contribution >= 0.6 is 11.6 Å². The van der Waals surface area contributed by atoms with Crippen molar-refractivity contribution < 1.29 is 31.1 Å². The number of likely N-dealkylation sites (tertiary alicyclic amines) is 1. The van der Waals surface area contributed by atoms with Crippen molar-refractivity contribution in [1.29, 1.82) is 0 Å². The summed E-state index contributed by atoms with van der Waals surface area (Å²) in [5.41, 5.74) is 0.247. The van der Waals surface area contributed by atoms with Crippen molar-refractivity contribution in [3.05, 3.63) is 99.8 Å². The first-order valence-corrected chi connectivity index (χ1v) is 13.7. The molecule has 3 heterocycles. The van der Waals surface area contributed by atoms with Gasteiger partial charge in [0, 0.05) is 36.9 Å². The first-order valence-electron chi connectivity index (χ1n) is 13.3. The molecule has 0 atom stereocenters. The Kier molecular flexibility index (Phi) is 8.26. The number of amides is 2. The lowest BCUT2D eigenvalue weighted by Gasteiger charge is -2.39. The van der Waals surface area contributed by atoms with Crippen LogP contribution < -0.4 is 10.2 Å². The second-order valence-electron chi connectivity index (χ2n) is 10.6. The number of rotatable bonds is 5. The number of halogens is 7. The Morgan fingerprint density at radius 3 is 2.26 bits per heavy atom. The fourth-order valence-corrected chi connectivity index (χ4v) is 5.76. The number of nitrogens with one attached hydrogen (secondary N) is 1. The number of hydrogen-bond acceptors (Lipinski definition) is 3. The number of carbonyl (C=O) groups excluding carboxylic acids is 1. The van der Waals surface area contributed by atoms with Crippen molar-refractivity contribution in [2.45, 2.75) is 37.2 Å². The SMILES string of the molecule is O=C(NCc1ccnc(Cl)c1)N1CC2(CCN(CC=Cc3ccc(C(F)(F)F)cc3)CC2)c2cc(C(F)(F)F)ccc21. The number of nitrogens with zero attached hydrogens (tertiary/aromatic N) is 3. The molecule has 0 aliphatic carbocycles. The minimum absolute atomic E-state index is 0.180. The van der Waals surface area contributed by atoms with E-state index in [0.717, 1.165) is 23.8 Å². The van der Waals surface area contributed by atoms with Gasteiger partial charge < -0.3 is 5.32 Å². The van der Waals surface area contributed by atoms with Gasteiger partial charge in [0.15, 0.2) is 0 Å². The number of carbonyl (C=O) groups is 1. The molecular weight excluding hydrogens is 582 g/mol. The number of piperidine rings is 1. The van der Waals surface area contributed by atoms with E-state index in [1.807, 2.05) is 6.08 Å². The second kappa shape index (κ2) is 11.6. The molecule has 5 rings (SSSR count). The summed E-state index contributed by atoms with van der Waals surface area (Å²) in [5, 5.41) is 3.12. The van der Waals surface area contributed by atoms with E-state index in [0.29, 0.717) is 49.3 Å². The summed E-state index contributed by atoms with van der Waals surface area (Å²) >= 11 is 5.93. The lowest BCUT2D eigenvalue weighted by atomic mass is 9.74. The van der Waals surface area contributed by atoms with E-state index in [2.05, 4.69) is 15.2 Å². The van der Waals surface area contributed by atoms with E-state index < -0.39 is 34.9 Å². The molecule has 1 N–H and O–H groups in total. The number of fused-ring (bicyclic) bond motifs is 2. The van der Waals surface area contributed by atoms with Crippen molar-refractivity contribution in [1.82, 2.24) is 15.2 Å². The molecule has 2 aliphatic rings. The molecule has 3 aromatic rings. The number of hydrogen-bond donors (Lipinski definition) is 1. The summed E-state index contributed by atoms with van der Waals surface area (Å²) in [7, 11) is 0. The maximum absolute atomic E-state index is 13.7. The number of aromatic nitrogens is 1. The van der Waals surface area contributed by atoms with Crippen LogP contribution in [-0.2, 0) is 24.3 Å². The van der Waals surface area contributed by atoms with Crippen LogP contribution in [0.2, 0.25) is 5.15 Å². The Hall–Kier alpha value is -3.57. The molecule has 1 saturated heterocycles. The van der Waals surface area contributed by atoms with Crippen LogP contribution in [0.1, 0.15) is 40.7 Å². The molecule has 2 aliphatic heterocycles. The van der Waals surface area contributed by atoms with Gasteiger partial charge in [-0.05, 0) is 85.1 Å². The Morgan fingerprint density at radius 2 is 1.62 bits per heavy atom. The molecule has 1 aromatic heterocycles. The molecule has 42 heavy (non-hydrogen) atoms. The quantitative estimate of drug-likeness (QED) is 0.240. The zero-order valence-corrected chi connectivity index (χ0v) is 23.0. The molecule has 0 radical (unpaired) electrons. The molecule has 5 nitrogen and oxygen atoms in total. The normalized spacial score (nSPS) is 17.2. The third-order valence-corrected chi connectivity index (χ3v) is 8.06. The first-order chi connectivity index (χ1) is 19.8. The lowest BCUT2D eigenvalue weighted by molar-refractivity contribution is -0.138. The van der Waals surface area contributed by atoms with Gasteiger partial charge in [-0.15, -0.1) is 0 Å². The second-order valence-corrected chi connectivity index (χ2v) is 11.0. The van der Waals surface area contributed by atoms with Gasteiger partial charge in [-0.25, -0.2) is 9.78 Å². The van der Waals surface area contributed by atoms with Crippen LogP contribution in [0.5, 0.6) is 0 Å². The van der Waals surface area contributed by atoms with Gasteiger partial charge in [-0.2, -0.15) is 26.3 Å². The fourth-order valence-electron chi connectivity index (χ4n) is 5.56. The Morgan fingerprint density at radius 1 is 0.952 bits per heavy atom. The molecule has 0 bridgehead atoms. The van der Waals surface area contributed by atoms with Crippen molar-refractivity contribution in [3.63, 3.8) is 0 Å². The van der Waals surface area contributed by atoms with Crippen LogP contribution in [0, 0.1) is 0 Å². The van der Waals surface area contributed by atoms with Gasteiger partial charge in [0.05, 0.1) is 11.1 Å². The van der Waals surface area contributed by atoms with Crippen LogP contribution in [0.3, 0.4) is 0 Å². The Labute approximate surface area is 243 Å². The summed E-state index contributed by atoms with van der Waals surface area (Å²) in [4.78, 5) is 20.8. The number of urea groups is 1. The molecule has 12 heteroatoms. The van der Waals surface area contributed by atoms with Crippen molar-refractivity contribution in [3.8, 4) is 0 Å². The first kappa shape index (κ1) is 29.9. The number of alkyl halides is 6. The lowest BCUT2D eigenvalue weighted by Crippen LogP contribution is -2.47. The minimum Gasteiger partial charge on any atom is -0.334 e. The van der Waals surface area contributed by atoms with E-state index in [4.69, 9.17) is 11.6 Å². The van der Waals surface area contributed by atoms with Gasteiger partial charge in [0.1, 0.15) is 5.15 Å². The molecular formula is C30H27ClF6N4O. The van der Waals surface area contributed by atoms with E-state index in [-0.39, 0.29) is 18.2 Å². The average Bonchev–Trinajstić information content (AvgIpc) is 3.25. The van der Waals surface area contributed by atoms with Gasteiger partial charge in [-0.3, -0.25) is 9.80 Å². The largest absolute Gasteiger partial charge is 0.416 e. The highest BCUT2D eigenvalue weighted by Crippen LogP contribution is 2.48. The number of anilines is 1. The Bertz CT molecular complexity index is 1460. The van der Waals surface area contributed by atoms with E-state index in [1.165, 1.54) is 35.4 Å². The zero-order valence-electron chi connectivity index (χ0n) is 22.3. The number of pyridine rings is 1. The maximum atomic E-state index is 13.7. The third-order valence-electron chi connectivity index (χ3n) is 7.85. The summed E-state index contributed by atoms with van der Waals surface area (Å²) in [6, 6.07) is 11.3. The topological polar surface area (TPSA) is 48.5 Å². The molecule has 0 saturated carbocycles. The Balaban J connectivity index is 1.28. The predicted octanol–water partition coefficient (Wildman–Crippen LogP) is 7.55. The molecule has 2 aromatic carbocycles. The van der Waals surface area contributed by atoms with Crippen LogP contribution in [0.15, 0.2) is 66.9 Å². The molecule has 222 valence electrons. The van der Waals surface area contributed by atoms with Gasteiger partial charge in [0.25, 0.3) is 0 Å². The van der Waals surface area contributed by atoms with Crippen molar-refractivity contribution in [2.75, 3.05) is 31.1 Å². The molecule has 1 fully saturated rings. The van der Waals surface area contributed by atoms with Crippen LogP contribution in [0.4, 0.5) is 36.8 Å². The summed E-state index contributed by atoms with van der Waals surface area (Å²) < 4.78 is 79.3. The molecule has 1 spiro atoms. The molecule has 0 unspecified atom stereocenters.